The molecule has 0 radical (unpaired) electrons. The Labute approximate surface area is 186 Å². The highest BCUT2D eigenvalue weighted by Crippen LogP contribution is 2.25. The van der Waals surface area contributed by atoms with Crippen molar-refractivity contribution in [1.82, 2.24) is 24.7 Å². The normalized spacial score (nSPS) is 16.1. The van der Waals surface area contributed by atoms with Gasteiger partial charge in [-0.1, -0.05) is 13.8 Å². The van der Waals surface area contributed by atoms with Crippen molar-refractivity contribution in [3.63, 3.8) is 0 Å². The third-order valence-electron chi connectivity index (χ3n) is 5.22. The summed E-state index contributed by atoms with van der Waals surface area (Å²) in [5.41, 5.74) is 1.42. The summed E-state index contributed by atoms with van der Waals surface area (Å²) >= 11 is 0. The summed E-state index contributed by atoms with van der Waals surface area (Å²) in [5, 5.41) is 6.13. The fraction of sp³-hybridized carbons (Fsp3) is 0.455. The lowest BCUT2D eigenvalue weighted by molar-refractivity contribution is 0.102. The number of nitrogens with zero attached hydrogens (tertiary/aromatic N) is 5. The molecule has 10 heteroatoms. The quantitative estimate of drug-likeness (QED) is 0.628. The summed E-state index contributed by atoms with van der Waals surface area (Å²) in [6.45, 7) is 11.6. The topological polar surface area (TPSA) is 96.7 Å². The Balaban J connectivity index is 1.60. The molecule has 1 aliphatic heterocycles. The molecule has 3 aromatic rings. The van der Waals surface area contributed by atoms with Crippen molar-refractivity contribution in [3.8, 4) is 5.88 Å². The number of amides is 1. The van der Waals surface area contributed by atoms with E-state index in [1.807, 2.05) is 6.92 Å². The van der Waals surface area contributed by atoms with E-state index in [0.717, 1.165) is 26.2 Å². The van der Waals surface area contributed by atoms with Gasteiger partial charge in [0.15, 0.2) is 11.5 Å². The summed E-state index contributed by atoms with van der Waals surface area (Å²) in [5.74, 6) is -0.286. The molecule has 0 aromatic carbocycles. The van der Waals surface area contributed by atoms with Crippen LogP contribution in [0.3, 0.4) is 0 Å². The molecule has 0 bridgehead atoms. The van der Waals surface area contributed by atoms with Crippen LogP contribution in [0.4, 0.5) is 16.0 Å². The van der Waals surface area contributed by atoms with Crippen LogP contribution in [0.15, 0.2) is 24.7 Å². The number of carbonyl (C=O) groups excluding carboxylic acids is 1. The van der Waals surface area contributed by atoms with Crippen LogP contribution in [0.1, 0.15) is 36.8 Å². The van der Waals surface area contributed by atoms with Gasteiger partial charge >= 0.3 is 0 Å². The summed E-state index contributed by atoms with van der Waals surface area (Å²) < 4.78 is 21.6. The van der Waals surface area contributed by atoms with Crippen LogP contribution in [0, 0.1) is 18.2 Å². The van der Waals surface area contributed by atoms with E-state index in [9.17, 15) is 9.18 Å². The number of aryl methyl sites for hydroxylation is 1. The van der Waals surface area contributed by atoms with Crippen molar-refractivity contribution < 1.29 is 13.9 Å². The molecular formula is C22H28FN7O2. The monoisotopic (exact) mass is 441 g/mol. The number of halogens is 1. The minimum Gasteiger partial charge on any atom is -0.477 e. The Kier molecular flexibility index (Phi) is 5.96. The Morgan fingerprint density at radius 2 is 2.16 bits per heavy atom. The van der Waals surface area contributed by atoms with Gasteiger partial charge in [0, 0.05) is 50.8 Å². The van der Waals surface area contributed by atoms with Gasteiger partial charge in [0.25, 0.3) is 5.91 Å². The molecular weight excluding hydrogens is 413 g/mol. The highest BCUT2D eigenvalue weighted by atomic mass is 19.1. The van der Waals surface area contributed by atoms with Crippen molar-refractivity contribution in [2.45, 2.75) is 27.7 Å². The lowest BCUT2D eigenvalue weighted by Gasteiger charge is -2.29. The number of hydrogen-bond donors (Lipinski definition) is 2. The average molecular weight is 442 g/mol. The molecule has 2 N–H and O–H groups in total. The van der Waals surface area contributed by atoms with E-state index in [1.165, 1.54) is 12.3 Å². The van der Waals surface area contributed by atoms with Crippen molar-refractivity contribution in [3.05, 3.63) is 41.7 Å². The van der Waals surface area contributed by atoms with Crippen LogP contribution in [0.5, 0.6) is 5.88 Å². The maximum absolute atomic E-state index is 14.4. The molecule has 0 unspecified atom stereocenters. The molecule has 1 fully saturated rings. The fourth-order valence-corrected chi connectivity index (χ4v) is 3.82. The first-order valence-electron chi connectivity index (χ1n) is 10.7. The van der Waals surface area contributed by atoms with Crippen LogP contribution >= 0.6 is 0 Å². The molecule has 1 amide bonds. The second-order valence-electron chi connectivity index (χ2n) is 8.73. The molecule has 0 spiro atoms. The first-order valence-corrected chi connectivity index (χ1v) is 10.7. The van der Waals surface area contributed by atoms with E-state index in [-0.39, 0.29) is 22.5 Å². The Bertz CT molecular complexity index is 1140. The largest absolute Gasteiger partial charge is 0.477 e. The zero-order valence-corrected chi connectivity index (χ0v) is 18.8. The third kappa shape index (κ3) is 4.64. The Hall–Kier alpha value is -3.27. The van der Waals surface area contributed by atoms with Gasteiger partial charge in [-0.25, -0.2) is 14.4 Å². The lowest BCUT2D eigenvalue weighted by atomic mass is 9.93. The minimum atomic E-state index is -0.523. The second kappa shape index (κ2) is 8.70. The molecule has 0 atom stereocenters. The Morgan fingerprint density at radius 3 is 2.94 bits per heavy atom. The van der Waals surface area contributed by atoms with Crippen LogP contribution in [0.2, 0.25) is 0 Å². The van der Waals surface area contributed by atoms with Gasteiger partial charge in [-0.15, -0.1) is 0 Å². The van der Waals surface area contributed by atoms with Gasteiger partial charge in [-0.2, -0.15) is 4.98 Å². The first-order chi connectivity index (χ1) is 15.3. The van der Waals surface area contributed by atoms with Crippen LogP contribution in [-0.2, 0) is 0 Å². The predicted molar refractivity (Wildman–Crippen MR) is 120 cm³/mol. The number of anilines is 2. The van der Waals surface area contributed by atoms with Crippen molar-refractivity contribution in [2.75, 3.05) is 43.0 Å². The SMILES string of the molecule is CCOc1nc(N2CCNCC(C)(C)C2)ncc1C(=O)Nc1cc(F)c2nc(C)cn2c1. The highest BCUT2D eigenvalue weighted by Gasteiger charge is 2.27. The van der Waals surface area contributed by atoms with E-state index in [1.54, 1.807) is 23.7 Å². The van der Waals surface area contributed by atoms with Crippen LogP contribution in [0.25, 0.3) is 5.65 Å². The molecule has 9 nitrogen and oxygen atoms in total. The van der Waals surface area contributed by atoms with Crippen molar-refractivity contribution >= 4 is 23.2 Å². The second-order valence-corrected chi connectivity index (χ2v) is 8.73. The molecule has 3 aromatic heterocycles. The molecule has 1 aliphatic rings. The van der Waals surface area contributed by atoms with Crippen LogP contribution < -0.4 is 20.3 Å². The number of aromatic nitrogens is 4. The number of carbonyl (C=O) groups is 1. The number of nitrogens with one attached hydrogen (secondary N) is 2. The van der Waals surface area contributed by atoms with Gasteiger partial charge in [0.1, 0.15) is 5.56 Å². The molecule has 1 saturated heterocycles. The maximum Gasteiger partial charge on any atom is 0.262 e. The number of ether oxygens (including phenoxy) is 1. The number of imidazole rings is 1. The third-order valence-corrected chi connectivity index (χ3v) is 5.22. The van der Waals surface area contributed by atoms with E-state index >= 15 is 0 Å². The van der Waals surface area contributed by atoms with E-state index in [2.05, 4.69) is 44.3 Å². The molecule has 0 aliphatic carbocycles. The minimum absolute atomic E-state index is 0.0517. The lowest BCUT2D eigenvalue weighted by Crippen LogP contribution is -2.36. The maximum atomic E-state index is 14.4. The van der Waals surface area contributed by atoms with Gasteiger partial charge in [0.05, 0.1) is 18.0 Å². The Morgan fingerprint density at radius 1 is 1.34 bits per heavy atom. The number of hydrogen-bond acceptors (Lipinski definition) is 7. The average Bonchev–Trinajstić information content (AvgIpc) is 3.00. The van der Waals surface area contributed by atoms with Gasteiger partial charge in [-0.3, -0.25) is 4.79 Å². The predicted octanol–water partition coefficient (Wildman–Crippen LogP) is 2.66. The smallest absolute Gasteiger partial charge is 0.262 e. The summed E-state index contributed by atoms with van der Waals surface area (Å²) in [7, 11) is 0. The fourth-order valence-electron chi connectivity index (χ4n) is 3.82. The zero-order valence-electron chi connectivity index (χ0n) is 18.8. The van der Waals surface area contributed by atoms with Crippen molar-refractivity contribution in [1.29, 1.82) is 0 Å². The summed E-state index contributed by atoms with van der Waals surface area (Å²) in [6, 6.07) is 1.24. The summed E-state index contributed by atoms with van der Waals surface area (Å²) in [6.07, 6.45) is 4.76. The van der Waals surface area contributed by atoms with Gasteiger partial charge in [0.2, 0.25) is 11.8 Å². The molecule has 0 saturated carbocycles. The molecule has 32 heavy (non-hydrogen) atoms. The molecule has 170 valence electrons. The van der Waals surface area contributed by atoms with Crippen LogP contribution in [-0.4, -0.2) is 58.0 Å². The van der Waals surface area contributed by atoms with Gasteiger partial charge < -0.3 is 24.7 Å². The summed E-state index contributed by atoms with van der Waals surface area (Å²) in [4.78, 5) is 28.2. The number of rotatable bonds is 5. The van der Waals surface area contributed by atoms with E-state index < -0.39 is 11.7 Å². The highest BCUT2D eigenvalue weighted by molar-refractivity contribution is 6.05. The molecule has 4 rings (SSSR count). The first kappa shape index (κ1) is 21.9. The standard InChI is InChI=1S/C22H28FN7O2/c1-5-32-20-16(9-25-21(28-20)29-7-6-24-12-22(3,4)13-29)19(31)27-15-8-17(23)18-26-14(2)10-30(18)11-15/h8-11,24H,5-7,12-13H2,1-4H3,(H,27,31). The number of fused-ring (bicyclic) bond motifs is 1. The van der Waals surface area contributed by atoms with Crippen molar-refractivity contribution in [2.24, 2.45) is 5.41 Å². The van der Waals surface area contributed by atoms with Gasteiger partial charge in [-0.05, 0) is 19.3 Å². The number of pyridine rings is 1. The molecule has 4 heterocycles. The van der Waals surface area contributed by atoms with E-state index in [0.29, 0.717) is 23.9 Å². The van der Waals surface area contributed by atoms with E-state index in [4.69, 9.17) is 4.74 Å². The zero-order chi connectivity index (χ0) is 22.9.